The van der Waals surface area contributed by atoms with Crippen molar-refractivity contribution < 1.29 is 24.2 Å². The van der Waals surface area contributed by atoms with Gasteiger partial charge in [0.25, 0.3) is 0 Å². The maximum atomic E-state index is 11.4. The predicted molar refractivity (Wildman–Crippen MR) is 88.0 cm³/mol. The summed E-state index contributed by atoms with van der Waals surface area (Å²) in [7, 11) is 0. The number of ether oxygens (including phenoxy) is 2. The zero-order valence-electron chi connectivity index (χ0n) is 13.2. The third kappa shape index (κ3) is 7.85. The molecular weight excluding hydrogens is 296 g/mol. The second-order valence-electron chi connectivity index (χ2n) is 4.92. The summed E-state index contributed by atoms with van der Waals surface area (Å²) in [5.41, 5.74) is 0.741. The lowest BCUT2D eigenvalue weighted by molar-refractivity contribution is -0.158. The van der Waals surface area contributed by atoms with Crippen molar-refractivity contribution in [1.29, 1.82) is 0 Å². The predicted octanol–water partition coefficient (Wildman–Crippen LogP) is 3.80. The van der Waals surface area contributed by atoms with Gasteiger partial charge in [-0.3, -0.25) is 0 Å². The molecule has 0 bridgehead atoms. The van der Waals surface area contributed by atoms with Gasteiger partial charge in [0.15, 0.2) is 0 Å². The van der Waals surface area contributed by atoms with Crippen molar-refractivity contribution >= 4 is 18.0 Å². The number of rotatable bonds is 10. The highest BCUT2D eigenvalue weighted by molar-refractivity contribution is 5.85. The van der Waals surface area contributed by atoms with E-state index in [0.29, 0.717) is 12.2 Å². The van der Waals surface area contributed by atoms with E-state index in [-0.39, 0.29) is 0 Å². The van der Waals surface area contributed by atoms with Crippen LogP contribution in [0.4, 0.5) is 0 Å². The number of carboxylic acids is 1. The number of esters is 1. The largest absolute Gasteiger partial charge is 0.478 e. The van der Waals surface area contributed by atoms with Gasteiger partial charge in [0.2, 0.25) is 6.29 Å². The zero-order chi connectivity index (χ0) is 17.1. The first-order chi connectivity index (χ1) is 11.0. The first-order valence-electron chi connectivity index (χ1n) is 7.56. The second-order valence-corrected chi connectivity index (χ2v) is 4.92. The van der Waals surface area contributed by atoms with Gasteiger partial charge in [-0.1, -0.05) is 38.5 Å². The standard InChI is InChI=1S/C18H22O5/c1-3-5-6-7-18(23-17(21)4-2)22-15-11-8-14(9-12-15)10-13-16(19)20/h4,8-13,18H,2-3,5-7H2,1H3,(H,19,20)/b13-10+. The molecule has 1 atom stereocenters. The van der Waals surface area contributed by atoms with Crippen LogP contribution in [0.5, 0.6) is 5.75 Å². The fourth-order valence-corrected chi connectivity index (χ4v) is 1.86. The number of benzene rings is 1. The van der Waals surface area contributed by atoms with Crippen molar-refractivity contribution in [2.24, 2.45) is 0 Å². The number of aliphatic carboxylic acids is 1. The Hall–Kier alpha value is -2.56. The lowest BCUT2D eigenvalue weighted by Gasteiger charge is -2.18. The SMILES string of the molecule is C=CC(=O)OC(CCCCC)Oc1ccc(/C=C/C(=O)O)cc1. The Morgan fingerprint density at radius 3 is 2.52 bits per heavy atom. The Balaban J connectivity index is 2.67. The van der Waals surface area contributed by atoms with E-state index in [2.05, 4.69) is 13.5 Å². The maximum Gasteiger partial charge on any atom is 0.333 e. The molecule has 1 aromatic carbocycles. The Kier molecular flexibility index (Phi) is 8.21. The molecular formula is C18H22O5. The molecule has 5 nitrogen and oxygen atoms in total. The van der Waals surface area contributed by atoms with Gasteiger partial charge in [0.1, 0.15) is 5.75 Å². The summed E-state index contributed by atoms with van der Waals surface area (Å²) in [6, 6.07) is 6.87. The van der Waals surface area contributed by atoms with E-state index >= 15 is 0 Å². The lowest BCUT2D eigenvalue weighted by Crippen LogP contribution is -2.23. The van der Waals surface area contributed by atoms with Gasteiger partial charge in [-0.05, 0) is 30.2 Å². The minimum atomic E-state index is -1.00. The van der Waals surface area contributed by atoms with Gasteiger partial charge in [0, 0.05) is 18.6 Å². The minimum absolute atomic E-state index is 0.521. The van der Waals surface area contributed by atoms with Crippen molar-refractivity contribution in [3.8, 4) is 5.75 Å². The third-order valence-corrected chi connectivity index (χ3v) is 3.02. The molecule has 0 aromatic heterocycles. The summed E-state index contributed by atoms with van der Waals surface area (Å²) in [5, 5.41) is 8.59. The van der Waals surface area contributed by atoms with E-state index in [1.807, 2.05) is 0 Å². The summed E-state index contributed by atoms with van der Waals surface area (Å²) >= 11 is 0. The number of hydrogen-bond acceptors (Lipinski definition) is 4. The summed E-state index contributed by atoms with van der Waals surface area (Å²) in [6.45, 7) is 5.47. The highest BCUT2D eigenvalue weighted by atomic mass is 16.7. The molecule has 0 radical (unpaired) electrons. The number of carboxylic acid groups (broad SMARTS) is 1. The summed E-state index contributed by atoms with van der Waals surface area (Å²) in [5.74, 6) is -0.971. The van der Waals surface area contributed by atoms with Gasteiger partial charge >= 0.3 is 11.9 Å². The number of hydrogen-bond donors (Lipinski definition) is 1. The van der Waals surface area contributed by atoms with Crippen LogP contribution in [-0.4, -0.2) is 23.3 Å². The molecule has 1 N–H and O–H groups in total. The van der Waals surface area contributed by atoms with Gasteiger partial charge in [0.05, 0.1) is 0 Å². The maximum absolute atomic E-state index is 11.4. The molecule has 0 spiro atoms. The zero-order valence-corrected chi connectivity index (χ0v) is 13.2. The van der Waals surface area contributed by atoms with Crippen molar-refractivity contribution in [3.63, 3.8) is 0 Å². The Morgan fingerprint density at radius 2 is 1.96 bits per heavy atom. The quantitative estimate of drug-likeness (QED) is 0.307. The molecule has 0 aliphatic carbocycles. The van der Waals surface area contributed by atoms with Crippen LogP contribution in [0.2, 0.25) is 0 Å². The molecule has 23 heavy (non-hydrogen) atoms. The van der Waals surface area contributed by atoms with E-state index in [1.165, 1.54) is 6.08 Å². The third-order valence-electron chi connectivity index (χ3n) is 3.02. The van der Waals surface area contributed by atoms with E-state index in [4.69, 9.17) is 14.6 Å². The van der Waals surface area contributed by atoms with Crippen LogP contribution in [-0.2, 0) is 14.3 Å². The van der Waals surface area contributed by atoms with E-state index < -0.39 is 18.2 Å². The summed E-state index contributed by atoms with van der Waals surface area (Å²) in [4.78, 5) is 21.8. The molecule has 0 heterocycles. The van der Waals surface area contributed by atoms with E-state index in [0.717, 1.165) is 37.0 Å². The molecule has 0 aliphatic rings. The molecule has 0 amide bonds. The van der Waals surface area contributed by atoms with Gasteiger partial charge in [-0.2, -0.15) is 0 Å². The van der Waals surface area contributed by atoms with Crippen LogP contribution in [0, 0.1) is 0 Å². The first-order valence-corrected chi connectivity index (χ1v) is 7.56. The average molecular weight is 318 g/mol. The number of carbonyl (C=O) groups excluding carboxylic acids is 1. The van der Waals surface area contributed by atoms with Gasteiger partial charge < -0.3 is 14.6 Å². The molecule has 124 valence electrons. The van der Waals surface area contributed by atoms with E-state index in [1.54, 1.807) is 24.3 Å². The molecule has 0 aliphatic heterocycles. The van der Waals surface area contributed by atoms with Crippen molar-refractivity contribution in [3.05, 3.63) is 48.6 Å². The molecule has 1 aromatic rings. The van der Waals surface area contributed by atoms with Crippen LogP contribution in [0.3, 0.4) is 0 Å². The van der Waals surface area contributed by atoms with Crippen LogP contribution in [0.25, 0.3) is 6.08 Å². The van der Waals surface area contributed by atoms with Crippen LogP contribution in [0.1, 0.15) is 38.2 Å². The monoisotopic (exact) mass is 318 g/mol. The Morgan fingerprint density at radius 1 is 1.26 bits per heavy atom. The summed E-state index contributed by atoms with van der Waals surface area (Å²) in [6.07, 6.45) is 6.59. The lowest BCUT2D eigenvalue weighted by atomic mass is 10.2. The van der Waals surface area contributed by atoms with E-state index in [9.17, 15) is 9.59 Å². The molecule has 1 rings (SSSR count). The van der Waals surface area contributed by atoms with Crippen molar-refractivity contribution in [2.75, 3.05) is 0 Å². The molecule has 0 fully saturated rings. The smallest absolute Gasteiger partial charge is 0.333 e. The number of unbranched alkanes of at least 4 members (excludes halogenated alkanes) is 2. The Bertz CT molecular complexity index is 545. The Labute approximate surface area is 136 Å². The average Bonchev–Trinajstić information content (AvgIpc) is 2.54. The highest BCUT2D eigenvalue weighted by Crippen LogP contribution is 2.18. The molecule has 0 saturated carbocycles. The topological polar surface area (TPSA) is 72.8 Å². The fraction of sp³-hybridized carbons (Fsp3) is 0.333. The van der Waals surface area contributed by atoms with Crippen LogP contribution in [0.15, 0.2) is 43.0 Å². The molecule has 5 heteroatoms. The fourth-order valence-electron chi connectivity index (χ4n) is 1.86. The van der Waals surface area contributed by atoms with Gasteiger partial charge in [-0.15, -0.1) is 0 Å². The highest BCUT2D eigenvalue weighted by Gasteiger charge is 2.14. The molecule has 1 unspecified atom stereocenters. The second kappa shape index (κ2) is 10.2. The van der Waals surface area contributed by atoms with Crippen LogP contribution < -0.4 is 4.74 Å². The van der Waals surface area contributed by atoms with Crippen molar-refractivity contribution in [1.82, 2.24) is 0 Å². The molecule has 0 saturated heterocycles. The normalized spacial score (nSPS) is 11.9. The van der Waals surface area contributed by atoms with Gasteiger partial charge in [-0.25, -0.2) is 9.59 Å². The first kappa shape index (κ1) is 18.5. The van der Waals surface area contributed by atoms with Crippen molar-refractivity contribution in [2.45, 2.75) is 38.9 Å². The van der Waals surface area contributed by atoms with Crippen LogP contribution >= 0.6 is 0 Å². The summed E-state index contributed by atoms with van der Waals surface area (Å²) < 4.78 is 10.9. The number of carbonyl (C=O) groups is 2. The minimum Gasteiger partial charge on any atom is -0.478 e.